The van der Waals surface area contributed by atoms with Gasteiger partial charge in [0.2, 0.25) is 0 Å². The Morgan fingerprint density at radius 2 is 1.62 bits per heavy atom. The lowest BCUT2D eigenvalue weighted by Crippen LogP contribution is -2.39. The van der Waals surface area contributed by atoms with E-state index in [0.29, 0.717) is 31.2 Å². The zero-order valence-corrected chi connectivity index (χ0v) is 24.1. The summed E-state index contributed by atoms with van der Waals surface area (Å²) in [7, 11) is 0. The van der Waals surface area contributed by atoms with Gasteiger partial charge in [0.05, 0.1) is 22.7 Å². The minimum atomic E-state index is -4.77. The van der Waals surface area contributed by atoms with Crippen molar-refractivity contribution >= 4 is 38.7 Å². The molecule has 1 saturated carbocycles. The van der Waals surface area contributed by atoms with Crippen LogP contribution in [0.25, 0.3) is 22.2 Å². The van der Waals surface area contributed by atoms with Crippen LogP contribution in [0.3, 0.4) is 0 Å². The first-order valence-corrected chi connectivity index (χ1v) is 13.9. The number of rotatable bonds is 5. The van der Waals surface area contributed by atoms with Crippen molar-refractivity contribution in [3.05, 3.63) is 88.4 Å². The number of para-hydroxylation sites is 2. The quantitative estimate of drug-likeness (QED) is 0.206. The molecule has 5 rings (SSSR count). The van der Waals surface area contributed by atoms with Crippen LogP contribution >= 0.6 is 15.9 Å². The molecule has 0 atom stereocenters. The fourth-order valence-corrected chi connectivity index (χ4v) is 5.27. The summed E-state index contributed by atoms with van der Waals surface area (Å²) >= 11 is 3.51. The lowest BCUT2D eigenvalue weighted by atomic mass is 9.86. The van der Waals surface area contributed by atoms with E-state index in [1.165, 1.54) is 12.1 Å². The third kappa shape index (κ3) is 7.79. The van der Waals surface area contributed by atoms with Gasteiger partial charge >= 0.3 is 12.3 Å². The van der Waals surface area contributed by atoms with E-state index < -0.39 is 23.8 Å². The van der Waals surface area contributed by atoms with E-state index in [9.17, 15) is 27.9 Å². The molecular formula is C31H28BrF3N2O5. The third-order valence-electron chi connectivity index (χ3n) is 6.97. The molecule has 42 heavy (non-hydrogen) atoms. The summed E-state index contributed by atoms with van der Waals surface area (Å²) in [4.78, 5) is 29.4. The number of aliphatic carboxylic acids is 1. The highest BCUT2D eigenvalue weighted by Gasteiger charge is 2.32. The van der Waals surface area contributed by atoms with E-state index in [4.69, 9.17) is 10.1 Å². The van der Waals surface area contributed by atoms with Crippen molar-refractivity contribution in [2.75, 3.05) is 0 Å². The lowest BCUT2D eigenvalue weighted by molar-refractivity contribution is -0.275. The van der Waals surface area contributed by atoms with Crippen molar-refractivity contribution in [1.82, 2.24) is 10.3 Å². The summed E-state index contributed by atoms with van der Waals surface area (Å²) in [5, 5.41) is 22.0. The van der Waals surface area contributed by atoms with Gasteiger partial charge in [0.15, 0.2) is 11.5 Å². The Kier molecular flexibility index (Phi) is 9.72. The number of aromatic hydroxyl groups is 1. The maximum Gasteiger partial charge on any atom is 0.573 e. The van der Waals surface area contributed by atoms with Crippen LogP contribution in [0.1, 0.15) is 41.6 Å². The summed E-state index contributed by atoms with van der Waals surface area (Å²) in [6.07, 6.45) is -2.22. The van der Waals surface area contributed by atoms with Crippen LogP contribution in [-0.2, 0) is 4.79 Å². The molecule has 220 valence electrons. The number of alkyl halides is 3. The molecule has 1 heterocycles. The van der Waals surface area contributed by atoms with Gasteiger partial charge in [0.25, 0.3) is 5.91 Å². The highest BCUT2D eigenvalue weighted by atomic mass is 79.9. The number of nitrogens with one attached hydrogen (secondary N) is 1. The summed E-state index contributed by atoms with van der Waals surface area (Å²) < 4.78 is 39.1. The number of phenols is 1. The molecule has 1 fully saturated rings. The van der Waals surface area contributed by atoms with E-state index in [-0.39, 0.29) is 17.9 Å². The fourth-order valence-electron chi connectivity index (χ4n) is 4.91. The molecule has 1 aromatic heterocycles. The Hall–Kier alpha value is -4.12. The number of pyridine rings is 1. The van der Waals surface area contributed by atoms with Gasteiger partial charge < -0.3 is 20.3 Å². The van der Waals surface area contributed by atoms with Gasteiger partial charge in [-0.2, -0.15) is 0 Å². The molecule has 1 amide bonds. The predicted octanol–water partition coefficient (Wildman–Crippen LogP) is 7.64. The number of nitrogens with zero attached hydrogens (tertiary/aromatic N) is 1. The number of hydrogen-bond donors (Lipinski definition) is 3. The zero-order valence-electron chi connectivity index (χ0n) is 22.5. The van der Waals surface area contributed by atoms with Gasteiger partial charge in [-0.3, -0.25) is 9.59 Å². The Balaban J connectivity index is 0.000000283. The molecule has 3 aromatic carbocycles. The molecule has 4 aromatic rings. The number of phenolic OH excluding ortho intramolecular Hbond substituents is 1. The second-order valence-corrected chi connectivity index (χ2v) is 10.8. The van der Waals surface area contributed by atoms with Gasteiger partial charge in [-0.1, -0.05) is 58.4 Å². The van der Waals surface area contributed by atoms with E-state index >= 15 is 0 Å². The van der Waals surface area contributed by atoms with Crippen LogP contribution in [0.4, 0.5) is 13.2 Å². The van der Waals surface area contributed by atoms with Crippen molar-refractivity contribution in [3.63, 3.8) is 0 Å². The number of carbonyl (C=O) groups is 2. The molecule has 3 N–H and O–H groups in total. The zero-order chi connectivity index (χ0) is 30.4. The number of benzene rings is 3. The summed E-state index contributed by atoms with van der Waals surface area (Å²) in [6.45, 7) is 1.94. The van der Waals surface area contributed by atoms with Crippen molar-refractivity contribution in [3.8, 4) is 22.8 Å². The number of carbonyl (C=O) groups excluding carboxylic acids is 1. The molecule has 11 heteroatoms. The number of halogens is 4. The second-order valence-electron chi connectivity index (χ2n) is 9.86. The van der Waals surface area contributed by atoms with E-state index in [1.54, 1.807) is 0 Å². The largest absolute Gasteiger partial charge is 0.573 e. The molecule has 0 radical (unpaired) electrons. The number of ether oxygens (including phenoxy) is 1. The maximum absolute atomic E-state index is 13.4. The van der Waals surface area contributed by atoms with Crippen LogP contribution in [0, 0.1) is 12.8 Å². The number of carboxylic acid groups (broad SMARTS) is 1. The molecule has 0 saturated heterocycles. The van der Waals surface area contributed by atoms with E-state index in [0.717, 1.165) is 44.3 Å². The number of amides is 1. The average Bonchev–Trinajstić information content (AvgIpc) is 2.94. The van der Waals surface area contributed by atoms with Crippen LogP contribution in [0.2, 0.25) is 0 Å². The standard InChI is InChI=1S/C24H23BrN2O3.C7H5F3O2/c1-14-21(23(28)26-18-10-7-16(8-11-18)24(29)30)19-13-17(25)9-12-20(19)27-22(14)15-5-3-2-4-6-15;8-7(9,10)12-6-4-2-1-3-5(6)11/h2-6,9,12-13,16,18H,7-8,10-11H2,1H3,(H,26,28)(H,29,30);1-4,11H. The number of fused-ring (bicyclic) bond motifs is 1. The first-order chi connectivity index (χ1) is 19.9. The summed E-state index contributed by atoms with van der Waals surface area (Å²) in [6, 6.07) is 20.5. The smallest absolute Gasteiger partial charge is 0.504 e. The minimum Gasteiger partial charge on any atom is -0.504 e. The molecular weight excluding hydrogens is 617 g/mol. The summed E-state index contributed by atoms with van der Waals surface area (Å²) in [5.41, 5.74) is 3.99. The van der Waals surface area contributed by atoms with Crippen molar-refractivity contribution in [2.24, 2.45) is 5.92 Å². The molecule has 7 nitrogen and oxygen atoms in total. The highest BCUT2D eigenvalue weighted by Crippen LogP contribution is 2.33. The average molecular weight is 645 g/mol. The molecule has 0 aliphatic heterocycles. The Labute approximate surface area is 248 Å². The highest BCUT2D eigenvalue weighted by molar-refractivity contribution is 9.10. The molecule has 0 unspecified atom stereocenters. The van der Waals surface area contributed by atoms with E-state index in [2.05, 4.69) is 26.0 Å². The van der Waals surface area contributed by atoms with Crippen molar-refractivity contribution in [1.29, 1.82) is 0 Å². The third-order valence-corrected chi connectivity index (χ3v) is 7.46. The molecule has 0 spiro atoms. The SMILES string of the molecule is Cc1c(-c2ccccc2)nc2ccc(Br)cc2c1C(=O)NC1CCC(C(=O)O)CC1.Oc1ccccc1OC(F)(F)F. The van der Waals surface area contributed by atoms with Crippen LogP contribution in [0.5, 0.6) is 11.5 Å². The van der Waals surface area contributed by atoms with Crippen LogP contribution in [0.15, 0.2) is 77.3 Å². The van der Waals surface area contributed by atoms with Gasteiger partial charge in [-0.15, -0.1) is 13.2 Å². The van der Waals surface area contributed by atoms with Gasteiger partial charge in [0.1, 0.15) is 0 Å². The van der Waals surface area contributed by atoms with Gasteiger partial charge in [-0.25, -0.2) is 4.98 Å². The predicted molar refractivity (Wildman–Crippen MR) is 155 cm³/mol. The maximum atomic E-state index is 13.4. The second kappa shape index (κ2) is 13.2. The Bertz CT molecular complexity index is 1570. The minimum absolute atomic E-state index is 0.0111. The Morgan fingerprint density at radius 3 is 2.24 bits per heavy atom. The van der Waals surface area contributed by atoms with Crippen molar-refractivity contribution < 1.29 is 37.7 Å². The van der Waals surface area contributed by atoms with Crippen molar-refractivity contribution in [2.45, 2.75) is 45.0 Å². The number of hydrogen-bond acceptors (Lipinski definition) is 5. The Morgan fingerprint density at radius 1 is 0.976 bits per heavy atom. The van der Waals surface area contributed by atoms with E-state index in [1.807, 2.05) is 55.5 Å². The first kappa shape index (κ1) is 30.8. The van der Waals surface area contributed by atoms with Gasteiger partial charge in [0, 0.05) is 21.5 Å². The first-order valence-electron chi connectivity index (χ1n) is 13.2. The fraction of sp³-hybridized carbons (Fsp3) is 0.258. The monoisotopic (exact) mass is 644 g/mol. The number of aromatic nitrogens is 1. The summed E-state index contributed by atoms with van der Waals surface area (Å²) in [5.74, 6) is -2.30. The van der Waals surface area contributed by atoms with Crippen LogP contribution < -0.4 is 10.1 Å². The van der Waals surface area contributed by atoms with Gasteiger partial charge in [-0.05, 0) is 68.5 Å². The normalized spacial score (nSPS) is 16.7. The molecule has 0 bridgehead atoms. The number of carboxylic acids is 1. The van der Waals surface area contributed by atoms with Crippen LogP contribution in [-0.4, -0.2) is 39.5 Å². The molecule has 1 aliphatic carbocycles. The topological polar surface area (TPSA) is 109 Å². The lowest BCUT2D eigenvalue weighted by Gasteiger charge is -2.27. The molecule has 1 aliphatic rings.